The smallest absolute Gasteiger partial charge is 0.224 e. The number of hydrogen-bond acceptors (Lipinski definition) is 3. The SMILES string of the molecule is CC(=O)N1CCOc2ccc(C#N)cc21. The summed E-state index contributed by atoms with van der Waals surface area (Å²) in [6.07, 6.45) is 0. The molecule has 0 N–H and O–H groups in total. The van der Waals surface area contributed by atoms with Crippen molar-refractivity contribution in [3.63, 3.8) is 0 Å². The third-order valence-corrected chi connectivity index (χ3v) is 2.33. The maximum atomic E-state index is 11.3. The summed E-state index contributed by atoms with van der Waals surface area (Å²) < 4.78 is 5.40. The van der Waals surface area contributed by atoms with Crippen LogP contribution in [0.1, 0.15) is 12.5 Å². The lowest BCUT2D eigenvalue weighted by Gasteiger charge is -2.28. The molecular formula is C11H10N2O2. The van der Waals surface area contributed by atoms with Crippen molar-refractivity contribution >= 4 is 11.6 Å². The van der Waals surface area contributed by atoms with Crippen LogP contribution in [0.4, 0.5) is 5.69 Å². The average Bonchev–Trinajstić information content (AvgIpc) is 2.27. The lowest BCUT2D eigenvalue weighted by molar-refractivity contribution is -0.116. The molecule has 1 amide bonds. The lowest BCUT2D eigenvalue weighted by Crippen LogP contribution is -2.36. The second kappa shape index (κ2) is 3.62. The number of carbonyl (C=O) groups excluding carboxylic acids is 1. The van der Waals surface area contributed by atoms with Crippen molar-refractivity contribution in [3.8, 4) is 11.8 Å². The molecule has 1 aliphatic rings. The molecule has 1 aromatic rings. The highest BCUT2D eigenvalue weighted by atomic mass is 16.5. The minimum Gasteiger partial charge on any atom is -0.490 e. The fourth-order valence-electron chi connectivity index (χ4n) is 1.61. The minimum absolute atomic E-state index is 0.0327. The Bertz CT molecular complexity index is 448. The first-order valence-corrected chi connectivity index (χ1v) is 4.67. The summed E-state index contributed by atoms with van der Waals surface area (Å²) in [4.78, 5) is 13.0. The number of nitrogens with zero attached hydrogens (tertiary/aromatic N) is 2. The van der Waals surface area contributed by atoms with Crippen molar-refractivity contribution in [3.05, 3.63) is 23.8 Å². The molecular weight excluding hydrogens is 192 g/mol. The molecule has 0 aromatic heterocycles. The van der Waals surface area contributed by atoms with Crippen LogP contribution < -0.4 is 9.64 Å². The summed E-state index contributed by atoms with van der Waals surface area (Å²) in [6, 6.07) is 7.13. The van der Waals surface area contributed by atoms with Crippen molar-refractivity contribution in [2.45, 2.75) is 6.92 Å². The molecule has 15 heavy (non-hydrogen) atoms. The molecule has 0 atom stereocenters. The highest BCUT2D eigenvalue weighted by molar-refractivity contribution is 5.93. The van der Waals surface area contributed by atoms with E-state index in [0.717, 1.165) is 0 Å². The molecule has 2 rings (SSSR count). The Balaban J connectivity index is 2.49. The Kier molecular flexibility index (Phi) is 2.30. The maximum absolute atomic E-state index is 11.3. The molecule has 0 aliphatic carbocycles. The Morgan fingerprint density at radius 2 is 2.40 bits per heavy atom. The van der Waals surface area contributed by atoms with Crippen molar-refractivity contribution in [2.24, 2.45) is 0 Å². The summed E-state index contributed by atoms with van der Waals surface area (Å²) in [5.74, 6) is 0.630. The topological polar surface area (TPSA) is 53.3 Å². The van der Waals surface area contributed by atoms with Crippen molar-refractivity contribution in [2.75, 3.05) is 18.1 Å². The number of ether oxygens (including phenoxy) is 1. The van der Waals surface area contributed by atoms with Crippen LogP contribution in [0.25, 0.3) is 0 Å². The van der Waals surface area contributed by atoms with Gasteiger partial charge in [0.25, 0.3) is 0 Å². The van der Waals surface area contributed by atoms with Gasteiger partial charge in [0, 0.05) is 6.92 Å². The first kappa shape index (κ1) is 9.53. The molecule has 1 heterocycles. The van der Waals surface area contributed by atoms with Gasteiger partial charge in [-0.25, -0.2) is 0 Å². The maximum Gasteiger partial charge on any atom is 0.224 e. The van der Waals surface area contributed by atoms with Crippen LogP contribution in [0.2, 0.25) is 0 Å². The first-order valence-electron chi connectivity index (χ1n) is 4.67. The van der Waals surface area contributed by atoms with Gasteiger partial charge in [0.15, 0.2) is 0 Å². The zero-order chi connectivity index (χ0) is 10.8. The standard InChI is InChI=1S/C11H10N2O2/c1-8(14)13-4-5-15-11-3-2-9(7-12)6-10(11)13/h2-3,6H,4-5H2,1H3. The van der Waals surface area contributed by atoms with Gasteiger partial charge >= 0.3 is 0 Å². The molecule has 1 aromatic carbocycles. The van der Waals surface area contributed by atoms with Crippen molar-refractivity contribution in [1.29, 1.82) is 5.26 Å². The van der Waals surface area contributed by atoms with Crippen LogP contribution in [-0.4, -0.2) is 19.1 Å². The zero-order valence-corrected chi connectivity index (χ0v) is 8.36. The van der Waals surface area contributed by atoms with Crippen LogP contribution in [0.5, 0.6) is 5.75 Å². The van der Waals surface area contributed by atoms with Gasteiger partial charge in [0.05, 0.1) is 23.9 Å². The van der Waals surface area contributed by atoms with Gasteiger partial charge in [-0.15, -0.1) is 0 Å². The second-order valence-corrected chi connectivity index (χ2v) is 3.31. The van der Waals surface area contributed by atoms with Crippen LogP contribution >= 0.6 is 0 Å². The fourth-order valence-corrected chi connectivity index (χ4v) is 1.61. The molecule has 0 bridgehead atoms. The van der Waals surface area contributed by atoms with Gasteiger partial charge in [-0.05, 0) is 18.2 Å². The summed E-state index contributed by atoms with van der Waals surface area (Å²) in [7, 11) is 0. The molecule has 0 unspecified atom stereocenters. The highest BCUT2D eigenvalue weighted by Crippen LogP contribution is 2.32. The number of fused-ring (bicyclic) bond motifs is 1. The van der Waals surface area contributed by atoms with Gasteiger partial charge < -0.3 is 9.64 Å². The predicted molar refractivity (Wildman–Crippen MR) is 54.7 cm³/mol. The molecule has 4 nitrogen and oxygen atoms in total. The zero-order valence-electron chi connectivity index (χ0n) is 8.36. The number of anilines is 1. The Labute approximate surface area is 87.7 Å². The molecule has 0 saturated carbocycles. The van der Waals surface area contributed by atoms with E-state index < -0.39 is 0 Å². The number of hydrogen-bond donors (Lipinski definition) is 0. The summed E-state index contributed by atoms with van der Waals surface area (Å²) in [5, 5.41) is 8.77. The highest BCUT2D eigenvalue weighted by Gasteiger charge is 2.21. The lowest BCUT2D eigenvalue weighted by atomic mass is 10.1. The van der Waals surface area contributed by atoms with Crippen LogP contribution in [-0.2, 0) is 4.79 Å². The number of nitriles is 1. The molecule has 0 fully saturated rings. The average molecular weight is 202 g/mol. The Morgan fingerprint density at radius 1 is 1.60 bits per heavy atom. The van der Waals surface area contributed by atoms with Crippen molar-refractivity contribution in [1.82, 2.24) is 0 Å². The van der Waals surface area contributed by atoms with Gasteiger partial charge in [0.1, 0.15) is 12.4 Å². The number of amides is 1. The third-order valence-electron chi connectivity index (χ3n) is 2.33. The number of benzene rings is 1. The van der Waals surface area contributed by atoms with Crippen LogP contribution in [0, 0.1) is 11.3 Å². The van der Waals surface area contributed by atoms with E-state index in [0.29, 0.717) is 30.2 Å². The Morgan fingerprint density at radius 3 is 3.07 bits per heavy atom. The van der Waals surface area contributed by atoms with E-state index in [9.17, 15) is 4.79 Å². The second-order valence-electron chi connectivity index (χ2n) is 3.31. The van der Waals surface area contributed by atoms with E-state index in [2.05, 4.69) is 0 Å². The summed E-state index contributed by atoms with van der Waals surface area (Å²) >= 11 is 0. The largest absolute Gasteiger partial charge is 0.490 e. The van der Waals surface area contributed by atoms with E-state index in [1.165, 1.54) is 6.92 Å². The van der Waals surface area contributed by atoms with Gasteiger partial charge in [-0.3, -0.25) is 4.79 Å². The van der Waals surface area contributed by atoms with Crippen molar-refractivity contribution < 1.29 is 9.53 Å². The van der Waals surface area contributed by atoms with Crippen LogP contribution in [0.3, 0.4) is 0 Å². The summed E-state index contributed by atoms with van der Waals surface area (Å²) in [5.41, 5.74) is 1.22. The van der Waals surface area contributed by atoms with E-state index >= 15 is 0 Å². The number of carbonyl (C=O) groups is 1. The first-order chi connectivity index (χ1) is 7.22. The van der Waals surface area contributed by atoms with Gasteiger partial charge in [-0.1, -0.05) is 0 Å². The van der Waals surface area contributed by atoms with E-state index in [1.54, 1.807) is 23.1 Å². The molecule has 0 spiro atoms. The third kappa shape index (κ3) is 1.64. The minimum atomic E-state index is -0.0327. The van der Waals surface area contributed by atoms with Gasteiger partial charge in [0.2, 0.25) is 5.91 Å². The molecule has 0 radical (unpaired) electrons. The normalized spacial score (nSPS) is 13.7. The molecule has 0 saturated heterocycles. The molecule has 1 aliphatic heterocycles. The molecule has 4 heteroatoms. The fraction of sp³-hybridized carbons (Fsp3) is 0.273. The predicted octanol–water partition coefficient (Wildman–Crippen LogP) is 1.30. The van der Waals surface area contributed by atoms with Crippen LogP contribution in [0.15, 0.2) is 18.2 Å². The summed E-state index contributed by atoms with van der Waals surface area (Å²) in [6.45, 7) is 2.55. The van der Waals surface area contributed by atoms with E-state index in [4.69, 9.17) is 10.00 Å². The van der Waals surface area contributed by atoms with E-state index in [-0.39, 0.29) is 5.91 Å². The molecule has 76 valence electrons. The van der Waals surface area contributed by atoms with E-state index in [1.807, 2.05) is 6.07 Å². The quantitative estimate of drug-likeness (QED) is 0.637. The monoisotopic (exact) mass is 202 g/mol. The number of rotatable bonds is 0. The Hall–Kier alpha value is -2.02. The van der Waals surface area contributed by atoms with Gasteiger partial charge in [-0.2, -0.15) is 5.26 Å².